The van der Waals surface area contributed by atoms with Crippen molar-refractivity contribution in [1.82, 2.24) is 9.97 Å². The van der Waals surface area contributed by atoms with Crippen molar-refractivity contribution in [2.45, 2.75) is 130 Å². The molecular weight excluding hydrogens is 1290 g/mol. The van der Waals surface area contributed by atoms with E-state index >= 15 is 0 Å². The summed E-state index contributed by atoms with van der Waals surface area (Å²) in [5.74, 6) is 3.42. The Morgan fingerprint density at radius 1 is 0.274 bits per heavy atom. The standard InChI is InChI=1S/C96H88B2N8/c1-61-31-19-25-41-77(61)105(78-42-26-20-32-62(78)2)87-59-85-89-91(99-87)103(65-35-15-13-16-36-65)83-58-84-76(57-75(83)97(89)73-39-23-29-45-81(73)101(85)67-47-49-69-71(55-67)95(9,10)53-51-93(69,5)6)98-74-40-24-30-46-82(74)102(68-48-50-70-72(56-68)96(11,12)54-52-94(70,7)8)86-60-88(100-92(90(86)98)104(84)66-37-17-14-18-38-66)106(79-43-27-21-33-63(79)3)80-44-28-22-34-64(80)4/h13-50,55-60H,51-54H2,1-12H3. The first-order valence-corrected chi connectivity index (χ1v) is 38.1. The lowest BCUT2D eigenvalue weighted by Crippen LogP contribution is -2.65. The monoisotopic (exact) mass is 1370 g/mol. The van der Waals surface area contributed by atoms with E-state index in [4.69, 9.17) is 9.97 Å². The van der Waals surface area contributed by atoms with Crippen molar-refractivity contribution >= 4 is 149 Å². The molecular formula is C96H88B2N8. The molecule has 518 valence electrons. The number of pyridine rings is 2. The molecule has 0 unspecified atom stereocenters. The molecule has 6 aliphatic rings. The average Bonchev–Trinajstić information content (AvgIpc) is 0.682. The molecule has 0 bridgehead atoms. The zero-order chi connectivity index (χ0) is 72.4. The SMILES string of the molecule is Cc1ccccc1N(c1cc2c3c(n1)N(c1ccccc1)c1cc4c(cc1B3c1ccccc1N2c1ccc2c(c1)C(C)(C)CCC2(C)C)B1c2ccccc2N(c2ccc3c(c2)C(C)(C)CCC3(C)C)c2cc(N(c3ccccc3C)c3ccccc3C)nc(c21)N4c1ccccc1)c1ccccc1C. The summed E-state index contributed by atoms with van der Waals surface area (Å²) in [6, 6.07) is 101. The van der Waals surface area contributed by atoms with E-state index in [1.165, 1.54) is 44.1 Å². The smallest absolute Gasteiger partial charge is 0.254 e. The van der Waals surface area contributed by atoms with Crippen LogP contribution < -0.4 is 62.2 Å². The van der Waals surface area contributed by atoms with Gasteiger partial charge in [0, 0.05) is 69.0 Å². The molecule has 4 aliphatic heterocycles. The highest BCUT2D eigenvalue weighted by molar-refractivity contribution is 7.03. The lowest BCUT2D eigenvalue weighted by molar-refractivity contribution is 0.332. The fourth-order valence-electron chi connectivity index (χ4n) is 19.0. The van der Waals surface area contributed by atoms with Crippen LogP contribution >= 0.6 is 0 Å². The summed E-state index contributed by atoms with van der Waals surface area (Å²) < 4.78 is 0. The normalized spacial score (nSPS) is 16.2. The summed E-state index contributed by atoms with van der Waals surface area (Å²) in [5.41, 5.74) is 32.8. The number of nitrogens with zero attached hydrogens (tertiary/aromatic N) is 8. The van der Waals surface area contributed by atoms with E-state index in [1.54, 1.807) is 0 Å². The highest BCUT2D eigenvalue weighted by Crippen LogP contribution is 2.55. The van der Waals surface area contributed by atoms with Crippen molar-refractivity contribution in [3.8, 4) is 0 Å². The first kappa shape index (κ1) is 65.4. The third-order valence-corrected chi connectivity index (χ3v) is 24.8. The van der Waals surface area contributed by atoms with Gasteiger partial charge < -0.3 is 9.80 Å². The Bertz CT molecular complexity index is 5320. The van der Waals surface area contributed by atoms with Crippen molar-refractivity contribution in [3.63, 3.8) is 0 Å². The molecule has 0 amide bonds. The third kappa shape index (κ3) is 10.0. The van der Waals surface area contributed by atoms with Crippen LogP contribution in [0.1, 0.15) is 126 Å². The first-order valence-electron chi connectivity index (χ1n) is 38.1. The predicted octanol–water partition coefficient (Wildman–Crippen LogP) is 21.5. The highest BCUT2D eigenvalue weighted by atomic mass is 15.3. The Kier molecular flexibility index (Phi) is 14.9. The molecule has 0 fully saturated rings. The summed E-state index contributed by atoms with van der Waals surface area (Å²) >= 11 is 0. The minimum absolute atomic E-state index is 0.0311. The van der Waals surface area contributed by atoms with Crippen molar-refractivity contribution in [2.75, 3.05) is 29.4 Å². The van der Waals surface area contributed by atoms with E-state index in [0.29, 0.717) is 0 Å². The van der Waals surface area contributed by atoms with Gasteiger partial charge in [-0.3, -0.25) is 19.6 Å². The number of anilines is 18. The second-order valence-electron chi connectivity index (χ2n) is 33.3. The van der Waals surface area contributed by atoms with Gasteiger partial charge in [0.1, 0.15) is 23.3 Å². The molecule has 13 aromatic rings. The quantitative estimate of drug-likeness (QED) is 0.126. The minimum atomic E-state index is -0.264. The minimum Gasteiger partial charge on any atom is -0.311 e. The van der Waals surface area contributed by atoms with Crippen LogP contribution in [0.25, 0.3) is 0 Å². The van der Waals surface area contributed by atoms with Gasteiger partial charge >= 0.3 is 0 Å². The molecule has 11 aromatic carbocycles. The number of benzene rings is 11. The average molecular weight is 1380 g/mol. The van der Waals surface area contributed by atoms with Crippen molar-refractivity contribution in [2.24, 2.45) is 0 Å². The van der Waals surface area contributed by atoms with Crippen molar-refractivity contribution in [1.29, 1.82) is 0 Å². The fraction of sp³-hybridized carbons (Fsp3) is 0.208. The number of aryl methyl sites for hydroxylation is 4. The van der Waals surface area contributed by atoms with Gasteiger partial charge in [0.2, 0.25) is 0 Å². The molecule has 10 heteroatoms. The molecule has 2 aromatic heterocycles. The molecule has 6 heterocycles. The Balaban J connectivity index is 0.935. The van der Waals surface area contributed by atoms with Gasteiger partial charge in [-0.2, -0.15) is 0 Å². The molecule has 106 heavy (non-hydrogen) atoms. The summed E-state index contributed by atoms with van der Waals surface area (Å²) in [5, 5.41) is 0. The molecule has 8 nitrogen and oxygen atoms in total. The number of fused-ring (bicyclic) bond motifs is 10. The van der Waals surface area contributed by atoms with Crippen LogP contribution in [-0.4, -0.2) is 23.4 Å². The molecule has 0 N–H and O–H groups in total. The maximum absolute atomic E-state index is 6.29. The number of hydrogen-bond acceptors (Lipinski definition) is 8. The lowest BCUT2D eigenvalue weighted by atomic mass is 9.30. The molecule has 2 aliphatic carbocycles. The van der Waals surface area contributed by atoms with E-state index in [-0.39, 0.29) is 35.1 Å². The molecule has 0 atom stereocenters. The van der Waals surface area contributed by atoms with Gasteiger partial charge in [0.25, 0.3) is 13.4 Å². The Morgan fingerprint density at radius 2 is 0.594 bits per heavy atom. The molecule has 0 spiro atoms. The molecule has 0 radical (unpaired) electrons. The Labute approximate surface area is 626 Å². The zero-order valence-corrected chi connectivity index (χ0v) is 63.0. The van der Waals surface area contributed by atoms with E-state index in [0.717, 1.165) is 162 Å². The van der Waals surface area contributed by atoms with E-state index in [9.17, 15) is 0 Å². The second kappa shape index (κ2) is 24.1. The Hall–Kier alpha value is -11.4. The number of aromatic nitrogens is 2. The fourth-order valence-corrected chi connectivity index (χ4v) is 19.0. The van der Waals surface area contributed by atoms with E-state index in [2.05, 4.69) is 379 Å². The van der Waals surface area contributed by atoms with Crippen LogP contribution in [-0.2, 0) is 21.7 Å². The van der Waals surface area contributed by atoms with Crippen LogP contribution in [0, 0.1) is 27.7 Å². The van der Waals surface area contributed by atoms with Crippen LogP contribution in [0.3, 0.4) is 0 Å². The van der Waals surface area contributed by atoms with Gasteiger partial charge in [-0.25, -0.2) is 9.97 Å². The van der Waals surface area contributed by atoms with Crippen LogP contribution in [0.4, 0.5) is 103 Å². The van der Waals surface area contributed by atoms with Crippen molar-refractivity contribution in [3.05, 3.63) is 311 Å². The first-order chi connectivity index (χ1) is 51.2. The lowest BCUT2D eigenvalue weighted by Gasteiger charge is -2.47. The van der Waals surface area contributed by atoms with Crippen molar-refractivity contribution < 1.29 is 0 Å². The summed E-state index contributed by atoms with van der Waals surface area (Å²) in [7, 11) is 0. The maximum Gasteiger partial charge on any atom is 0.254 e. The number of hydrogen-bond donors (Lipinski definition) is 0. The third-order valence-electron chi connectivity index (χ3n) is 24.8. The van der Waals surface area contributed by atoms with E-state index < -0.39 is 0 Å². The number of rotatable bonds is 10. The van der Waals surface area contributed by atoms with Crippen LogP contribution in [0.15, 0.2) is 267 Å². The Morgan fingerprint density at radius 3 is 0.953 bits per heavy atom. The van der Waals surface area contributed by atoms with E-state index in [1.807, 2.05) is 0 Å². The zero-order valence-electron chi connectivity index (χ0n) is 63.0. The largest absolute Gasteiger partial charge is 0.311 e. The summed E-state index contributed by atoms with van der Waals surface area (Å²) in [6.45, 7) is 27.9. The summed E-state index contributed by atoms with van der Waals surface area (Å²) in [6.07, 6.45) is 4.49. The van der Waals surface area contributed by atoms with Crippen LogP contribution in [0.5, 0.6) is 0 Å². The number of para-hydroxylation sites is 8. The second-order valence-corrected chi connectivity index (χ2v) is 33.3. The van der Waals surface area contributed by atoms with Gasteiger partial charge in [-0.1, -0.05) is 219 Å². The topological polar surface area (TPSA) is 45.2 Å². The molecule has 19 rings (SSSR count). The predicted molar refractivity (Wildman–Crippen MR) is 449 cm³/mol. The molecule has 0 saturated carbocycles. The van der Waals surface area contributed by atoms with Gasteiger partial charge in [-0.15, -0.1) is 0 Å². The van der Waals surface area contributed by atoms with Crippen LogP contribution in [0.2, 0.25) is 0 Å². The van der Waals surface area contributed by atoms with Gasteiger partial charge in [0.15, 0.2) is 0 Å². The van der Waals surface area contributed by atoms with Gasteiger partial charge in [-0.05, 0) is 243 Å². The highest BCUT2D eigenvalue weighted by Gasteiger charge is 2.51. The summed E-state index contributed by atoms with van der Waals surface area (Å²) in [4.78, 5) is 27.6. The maximum atomic E-state index is 6.29. The van der Waals surface area contributed by atoms with Gasteiger partial charge in [0.05, 0.1) is 22.7 Å². The molecule has 0 saturated heterocycles.